The Hall–Kier alpha value is -4.13. The van der Waals surface area contributed by atoms with Crippen molar-refractivity contribution in [2.45, 2.75) is 27.2 Å². The first-order valence-electron chi connectivity index (χ1n) is 12.8. The number of ketones is 1. The van der Waals surface area contributed by atoms with Gasteiger partial charge >= 0.3 is 5.97 Å². The van der Waals surface area contributed by atoms with E-state index in [4.69, 9.17) is 9.26 Å². The van der Waals surface area contributed by atoms with Crippen LogP contribution >= 0.6 is 0 Å². The molecular weight excluding hydrogens is 466 g/mol. The number of piperidine rings is 1. The van der Waals surface area contributed by atoms with Crippen LogP contribution in [0.3, 0.4) is 0 Å². The van der Waals surface area contributed by atoms with E-state index in [-0.39, 0.29) is 11.8 Å². The zero-order valence-electron chi connectivity index (χ0n) is 21.2. The molecule has 7 heteroatoms. The Balaban J connectivity index is 1.54. The number of hydrogen-bond donors (Lipinski definition) is 1. The molecule has 3 aromatic carbocycles. The van der Waals surface area contributed by atoms with Gasteiger partial charge in [-0.1, -0.05) is 49.3 Å². The summed E-state index contributed by atoms with van der Waals surface area (Å²) in [4.78, 5) is 28.6. The normalized spacial score (nSPS) is 18.6. The molecule has 1 saturated heterocycles. The maximum absolute atomic E-state index is 13.9. The number of rotatable bonds is 5. The minimum Gasteiger partial charge on any atom is -0.462 e. The largest absolute Gasteiger partial charge is 0.462 e. The molecule has 1 aromatic heterocycles. The molecule has 0 radical (unpaired) electrons. The van der Waals surface area contributed by atoms with E-state index in [0.29, 0.717) is 57.8 Å². The van der Waals surface area contributed by atoms with Crippen molar-refractivity contribution in [2.24, 2.45) is 11.8 Å². The lowest BCUT2D eigenvalue weighted by molar-refractivity contribution is 0.0526. The first-order chi connectivity index (χ1) is 17.9. The highest BCUT2D eigenvalue weighted by Gasteiger charge is 2.34. The number of anilines is 3. The number of carbonyl (C=O) groups excluding carboxylic acids is 2. The van der Waals surface area contributed by atoms with Crippen LogP contribution in [0.15, 0.2) is 59.1 Å². The summed E-state index contributed by atoms with van der Waals surface area (Å²) >= 11 is 0. The fourth-order valence-corrected chi connectivity index (χ4v) is 5.84. The predicted octanol–water partition coefficient (Wildman–Crippen LogP) is 6.44. The molecule has 1 N–H and O–H groups in total. The predicted molar refractivity (Wildman–Crippen MR) is 144 cm³/mol. The maximum Gasteiger partial charge on any atom is 0.338 e. The van der Waals surface area contributed by atoms with Crippen LogP contribution in [0.25, 0.3) is 22.2 Å². The molecule has 6 rings (SSSR count). The molecular formula is C30H29N3O4. The summed E-state index contributed by atoms with van der Waals surface area (Å²) in [5.74, 6) is 1.23. The van der Waals surface area contributed by atoms with Crippen LogP contribution in [0.4, 0.5) is 17.1 Å². The second-order valence-electron chi connectivity index (χ2n) is 10.2. The number of carbonyl (C=O) groups is 2. The molecule has 4 aromatic rings. The van der Waals surface area contributed by atoms with E-state index < -0.39 is 0 Å². The summed E-state index contributed by atoms with van der Waals surface area (Å²) < 4.78 is 11.1. The molecule has 1 aliphatic heterocycles. The van der Waals surface area contributed by atoms with Crippen molar-refractivity contribution in [3.8, 4) is 11.3 Å². The number of benzene rings is 3. The van der Waals surface area contributed by atoms with Crippen molar-refractivity contribution in [3.05, 3.63) is 71.3 Å². The molecule has 2 aliphatic rings. The van der Waals surface area contributed by atoms with Crippen molar-refractivity contribution in [1.29, 1.82) is 0 Å². The van der Waals surface area contributed by atoms with E-state index in [2.05, 4.69) is 29.2 Å². The Morgan fingerprint density at radius 3 is 2.59 bits per heavy atom. The second-order valence-corrected chi connectivity index (χ2v) is 10.2. The van der Waals surface area contributed by atoms with E-state index in [1.54, 1.807) is 25.1 Å². The van der Waals surface area contributed by atoms with Gasteiger partial charge in [0.2, 0.25) is 0 Å². The van der Waals surface area contributed by atoms with Gasteiger partial charge in [0.1, 0.15) is 5.52 Å². The van der Waals surface area contributed by atoms with Gasteiger partial charge in [-0.2, -0.15) is 0 Å². The Bertz CT molecular complexity index is 1530. The molecule has 0 amide bonds. The lowest BCUT2D eigenvalue weighted by atomic mass is 9.85. The van der Waals surface area contributed by atoms with Gasteiger partial charge in [-0.05, 0) is 49.4 Å². The molecule has 2 heterocycles. The Morgan fingerprint density at radius 2 is 1.84 bits per heavy atom. The molecule has 188 valence electrons. The SMILES string of the molecule is CCOC(=O)c1cccc(Nc2cc(N3C[C@H](C)C[C@@H](C)C3)c3noc4c3c2C(=O)c2ccccc2-4)c1. The van der Waals surface area contributed by atoms with Crippen molar-refractivity contribution < 1.29 is 18.8 Å². The summed E-state index contributed by atoms with van der Waals surface area (Å²) in [6, 6.07) is 16.6. The zero-order chi connectivity index (χ0) is 25.7. The van der Waals surface area contributed by atoms with E-state index in [1.807, 2.05) is 36.4 Å². The molecule has 0 spiro atoms. The Labute approximate surface area is 215 Å². The second kappa shape index (κ2) is 9.07. The van der Waals surface area contributed by atoms with Crippen molar-refractivity contribution >= 4 is 39.7 Å². The number of hydrogen-bond acceptors (Lipinski definition) is 7. The van der Waals surface area contributed by atoms with Gasteiger partial charge in [0, 0.05) is 29.9 Å². The van der Waals surface area contributed by atoms with Crippen LogP contribution in [0.2, 0.25) is 0 Å². The number of fused-ring (bicyclic) bond motifs is 2. The van der Waals surface area contributed by atoms with Crippen LogP contribution in [0.1, 0.15) is 53.5 Å². The molecule has 0 bridgehead atoms. The summed E-state index contributed by atoms with van der Waals surface area (Å²) in [5, 5.41) is 8.67. The third kappa shape index (κ3) is 3.95. The average Bonchev–Trinajstić information content (AvgIpc) is 3.32. The minimum absolute atomic E-state index is 0.0766. The van der Waals surface area contributed by atoms with Crippen LogP contribution in [0, 0.1) is 11.8 Å². The minimum atomic E-state index is -0.383. The van der Waals surface area contributed by atoms with Crippen molar-refractivity contribution in [3.63, 3.8) is 0 Å². The topological polar surface area (TPSA) is 84.7 Å². The highest BCUT2D eigenvalue weighted by Crippen LogP contribution is 2.47. The molecule has 37 heavy (non-hydrogen) atoms. The highest BCUT2D eigenvalue weighted by atomic mass is 16.5. The highest BCUT2D eigenvalue weighted by molar-refractivity contribution is 6.28. The van der Waals surface area contributed by atoms with E-state index in [0.717, 1.165) is 29.7 Å². The van der Waals surface area contributed by atoms with Gasteiger partial charge < -0.3 is 19.5 Å². The van der Waals surface area contributed by atoms with Crippen LogP contribution in [-0.4, -0.2) is 36.6 Å². The van der Waals surface area contributed by atoms with Gasteiger partial charge in [0.05, 0.1) is 34.5 Å². The Morgan fingerprint density at radius 1 is 1.08 bits per heavy atom. The first-order valence-corrected chi connectivity index (χ1v) is 12.8. The lowest BCUT2D eigenvalue weighted by Crippen LogP contribution is -2.39. The third-order valence-corrected chi connectivity index (χ3v) is 7.24. The molecule has 0 saturated carbocycles. The van der Waals surface area contributed by atoms with Crippen LogP contribution < -0.4 is 10.2 Å². The number of nitrogens with zero attached hydrogens (tertiary/aromatic N) is 2. The van der Waals surface area contributed by atoms with Gasteiger partial charge in [0.15, 0.2) is 11.5 Å². The van der Waals surface area contributed by atoms with Crippen LogP contribution in [-0.2, 0) is 4.74 Å². The quantitative estimate of drug-likeness (QED) is 0.281. The molecule has 7 nitrogen and oxygen atoms in total. The number of aromatic nitrogens is 1. The van der Waals surface area contributed by atoms with Gasteiger partial charge in [0.25, 0.3) is 0 Å². The van der Waals surface area contributed by atoms with Crippen LogP contribution in [0.5, 0.6) is 0 Å². The van der Waals surface area contributed by atoms with E-state index in [9.17, 15) is 9.59 Å². The summed E-state index contributed by atoms with van der Waals surface area (Å²) in [6.45, 7) is 8.44. The average molecular weight is 496 g/mol. The van der Waals surface area contributed by atoms with Crippen molar-refractivity contribution in [2.75, 3.05) is 29.9 Å². The molecule has 1 fully saturated rings. The summed E-state index contributed by atoms with van der Waals surface area (Å²) in [6.07, 6.45) is 1.18. The number of ether oxygens (including phenoxy) is 1. The third-order valence-electron chi connectivity index (χ3n) is 7.24. The summed E-state index contributed by atoms with van der Waals surface area (Å²) in [7, 11) is 0. The molecule has 2 atom stereocenters. The zero-order valence-corrected chi connectivity index (χ0v) is 21.2. The van der Waals surface area contributed by atoms with E-state index >= 15 is 0 Å². The van der Waals surface area contributed by atoms with E-state index in [1.165, 1.54) is 6.42 Å². The molecule has 1 aliphatic carbocycles. The van der Waals surface area contributed by atoms with Gasteiger partial charge in [-0.15, -0.1) is 0 Å². The standard InChI is InChI=1S/C30H29N3O4/c1-4-36-30(35)19-8-7-9-20(13-19)31-23-14-24(33-15-17(2)12-18(3)16-33)27-26-25(23)28(34)21-10-5-6-11-22(21)29(26)37-32-27/h5-11,13-14,17-18,31H,4,12,15-16H2,1-3H3/t17-,18-/m1/s1. The maximum atomic E-state index is 13.9. The Kier molecular flexibility index (Phi) is 5.71. The lowest BCUT2D eigenvalue weighted by Gasteiger charge is -2.37. The van der Waals surface area contributed by atoms with Crippen molar-refractivity contribution in [1.82, 2.24) is 5.16 Å². The number of nitrogens with one attached hydrogen (secondary N) is 1. The number of esters is 1. The fourth-order valence-electron chi connectivity index (χ4n) is 5.84. The fraction of sp³-hybridized carbons (Fsp3) is 0.300. The van der Waals surface area contributed by atoms with Gasteiger partial charge in [-0.3, -0.25) is 4.79 Å². The monoisotopic (exact) mass is 495 g/mol. The first kappa shape index (κ1) is 23.3. The smallest absolute Gasteiger partial charge is 0.338 e. The summed E-state index contributed by atoms with van der Waals surface area (Å²) in [5.41, 5.74) is 5.34. The van der Waals surface area contributed by atoms with Gasteiger partial charge in [-0.25, -0.2) is 4.79 Å². The molecule has 0 unspecified atom stereocenters.